The summed E-state index contributed by atoms with van der Waals surface area (Å²) in [5.41, 5.74) is 2.26. The number of benzene rings is 2. The molecule has 3 rings (SSSR count). The van der Waals surface area contributed by atoms with Gasteiger partial charge in [0.05, 0.1) is 6.26 Å². The van der Waals surface area contributed by atoms with Gasteiger partial charge in [-0.15, -0.1) is 0 Å². The van der Waals surface area contributed by atoms with Crippen molar-refractivity contribution < 1.29 is 4.42 Å². The molecule has 0 fully saturated rings. The quantitative estimate of drug-likeness (QED) is 0.558. The summed E-state index contributed by atoms with van der Waals surface area (Å²) in [6, 6.07) is 12.7. The second-order valence-electron chi connectivity index (χ2n) is 4.88. The van der Waals surface area contributed by atoms with Crippen LogP contribution < -0.4 is 0 Å². The lowest BCUT2D eigenvalue weighted by Crippen LogP contribution is -1.80. The Hall–Kier alpha value is -2.02. The predicted octanol–water partition coefficient (Wildman–Crippen LogP) is 5.48. The van der Waals surface area contributed by atoms with Gasteiger partial charge in [0.25, 0.3) is 0 Å². The Morgan fingerprint density at radius 1 is 1.05 bits per heavy atom. The Kier molecular flexibility index (Phi) is 3.37. The summed E-state index contributed by atoms with van der Waals surface area (Å²) in [4.78, 5) is 0. The Bertz CT molecular complexity index is 719. The number of hydrogen-bond acceptors (Lipinski definition) is 1. The summed E-state index contributed by atoms with van der Waals surface area (Å²) in [5, 5.41) is 3.82. The molecule has 1 heteroatoms. The first kappa shape index (κ1) is 12.0. The van der Waals surface area contributed by atoms with Crippen molar-refractivity contribution in [3.8, 4) is 0 Å². The molecule has 96 valence electrons. The summed E-state index contributed by atoms with van der Waals surface area (Å²) in [7, 11) is 0. The minimum atomic E-state index is 0.945. The van der Waals surface area contributed by atoms with Crippen LogP contribution in [0.4, 0.5) is 0 Å². The monoisotopic (exact) mass is 250 g/mol. The van der Waals surface area contributed by atoms with Crippen molar-refractivity contribution in [2.75, 3.05) is 0 Å². The van der Waals surface area contributed by atoms with Gasteiger partial charge in [-0.3, -0.25) is 0 Å². The smallest absolute Gasteiger partial charge is 0.134 e. The van der Waals surface area contributed by atoms with E-state index in [0.717, 1.165) is 18.4 Å². The molecule has 0 saturated carbocycles. The zero-order valence-corrected chi connectivity index (χ0v) is 11.2. The molecule has 0 aliphatic carbocycles. The van der Waals surface area contributed by atoms with Gasteiger partial charge in [0, 0.05) is 10.9 Å². The van der Waals surface area contributed by atoms with Crippen molar-refractivity contribution in [2.24, 2.45) is 0 Å². The van der Waals surface area contributed by atoms with E-state index in [1.807, 2.05) is 6.26 Å². The second kappa shape index (κ2) is 5.31. The predicted molar refractivity (Wildman–Crippen MR) is 81.5 cm³/mol. The molecule has 0 bridgehead atoms. The highest BCUT2D eigenvalue weighted by Crippen LogP contribution is 2.30. The molecule has 1 aromatic heterocycles. The molecule has 0 spiro atoms. The molecule has 0 N–H and O–H groups in total. The van der Waals surface area contributed by atoms with E-state index < -0.39 is 0 Å². The summed E-state index contributed by atoms with van der Waals surface area (Å²) in [5.74, 6) is 0. The van der Waals surface area contributed by atoms with Crippen LogP contribution in [0.15, 0.2) is 59.2 Å². The summed E-state index contributed by atoms with van der Waals surface area (Å²) in [6.07, 6.45) is 9.69. The molecular weight excluding hydrogens is 232 g/mol. The fourth-order valence-corrected chi connectivity index (χ4v) is 2.52. The van der Waals surface area contributed by atoms with E-state index in [0.29, 0.717) is 0 Å². The van der Waals surface area contributed by atoms with Crippen LogP contribution in [0.5, 0.6) is 0 Å². The second-order valence-corrected chi connectivity index (χ2v) is 4.88. The molecule has 0 saturated heterocycles. The van der Waals surface area contributed by atoms with Crippen molar-refractivity contribution in [3.05, 3.63) is 60.4 Å². The first-order chi connectivity index (χ1) is 9.40. The van der Waals surface area contributed by atoms with Gasteiger partial charge in [-0.25, -0.2) is 0 Å². The Morgan fingerprint density at radius 3 is 2.84 bits per heavy atom. The average Bonchev–Trinajstić information content (AvgIpc) is 2.87. The fraction of sp³-hybridized carbons (Fsp3) is 0.222. The molecule has 0 amide bonds. The van der Waals surface area contributed by atoms with E-state index in [-0.39, 0.29) is 0 Å². The van der Waals surface area contributed by atoms with Gasteiger partial charge in [0.2, 0.25) is 0 Å². The Morgan fingerprint density at radius 2 is 1.95 bits per heavy atom. The minimum absolute atomic E-state index is 0.945. The topological polar surface area (TPSA) is 13.1 Å². The number of fused-ring (bicyclic) bond motifs is 3. The first-order valence-electron chi connectivity index (χ1n) is 6.93. The number of rotatable bonds is 4. The van der Waals surface area contributed by atoms with Gasteiger partial charge in [0.15, 0.2) is 0 Å². The lowest BCUT2D eigenvalue weighted by molar-refractivity contribution is 0.612. The Balaban J connectivity index is 2.07. The SMILES string of the molecule is CCCC=CCc1coc2ccc3ccccc3c12. The van der Waals surface area contributed by atoms with Gasteiger partial charge >= 0.3 is 0 Å². The van der Waals surface area contributed by atoms with Gasteiger partial charge in [0.1, 0.15) is 5.58 Å². The third-order valence-electron chi connectivity index (χ3n) is 3.50. The van der Waals surface area contributed by atoms with Gasteiger partial charge in [-0.1, -0.05) is 55.8 Å². The van der Waals surface area contributed by atoms with E-state index in [1.54, 1.807) is 0 Å². The molecule has 19 heavy (non-hydrogen) atoms. The Labute approximate surface area is 113 Å². The fourth-order valence-electron chi connectivity index (χ4n) is 2.52. The van der Waals surface area contributed by atoms with Crippen molar-refractivity contribution in [3.63, 3.8) is 0 Å². The van der Waals surface area contributed by atoms with Crippen LogP contribution >= 0.6 is 0 Å². The van der Waals surface area contributed by atoms with Crippen molar-refractivity contribution in [1.29, 1.82) is 0 Å². The maximum Gasteiger partial charge on any atom is 0.134 e. The van der Waals surface area contributed by atoms with E-state index in [1.165, 1.54) is 28.1 Å². The molecule has 2 aromatic carbocycles. The maximum atomic E-state index is 5.68. The lowest BCUT2D eigenvalue weighted by atomic mass is 10.0. The highest BCUT2D eigenvalue weighted by molar-refractivity contribution is 6.07. The molecule has 0 unspecified atom stereocenters. The standard InChI is InChI=1S/C18H18O/c1-2-3-4-5-9-15-13-19-17-12-11-14-8-6-7-10-16(14)18(15)17/h4-8,10-13H,2-3,9H2,1H3. The largest absolute Gasteiger partial charge is 0.464 e. The van der Waals surface area contributed by atoms with Crippen LogP contribution in [0.3, 0.4) is 0 Å². The maximum absolute atomic E-state index is 5.68. The van der Waals surface area contributed by atoms with Crippen LogP contribution in [-0.4, -0.2) is 0 Å². The molecule has 0 aliphatic rings. The van der Waals surface area contributed by atoms with Crippen LogP contribution in [0.2, 0.25) is 0 Å². The van der Waals surface area contributed by atoms with Crippen LogP contribution in [0.25, 0.3) is 21.7 Å². The molecule has 0 atom stereocenters. The molecule has 0 radical (unpaired) electrons. The minimum Gasteiger partial charge on any atom is -0.464 e. The van der Waals surface area contributed by atoms with Crippen LogP contribution in [-0.2, 0) is 6.42 Å². The number of furan rings is 1. The summed E-state index contributed by atoms with van der Waals surface area (Å²) >= 11 is 0. The molecule has 0 aliphatic heterocycles. The molecule has 3 aromatic rings. The summed E-state index contributed by atoms with van der Waals surface area (Å²) in [6.45, 7) is 2.20. The van der Waals surface area contributed by atoms with Gasteiger partial charge in [-0.05, 0) is 29.7 Å². The average molecular weight is 250 g/mol. The highest BCUT2D eigenvalue weighted by Gasteiger charge is 2.08. The summed E-state index contributed by atoms with van der Waals surface area (Å²) < 4.78 is 5.68. The zero-order valence-electron chi connectivity index (χ0n) is 11.2. The molecule has 1 nitrogen and oxygen atoms in total. The molecule has 1 heterocycles. The van der Waals surface area contributed by atoms with Gasteiger partial charge in [-0.2, -0.15) is 0 Å². The normalized spacial score (nSPS) is 11.8. The van der Waals surface area contributed by atoms with E-state index in [9.17, 15) is 0 Å². The zero-order chi connectivity index (χ0) is 13.1. The van der Waals surface area contributed by atoms with Crippen LogP contribution in [0.1, 0.15) is 25.3 Å². The number of hydrogen-bond donors (Lipinski definition) is 0. The van der Waals surface area contributed by atoms with Crippen molar-refractivity contribution >= 4 is 21.7 Å². The first-order valence-corrected chi connectivity index (χ1v) is 6.93. The lowest BCUT2D eigenvalue weighted by Gasteiger charge is -2.00. The van der Waals surface area contributed by atoms with Gasteiger partial charge < -0.3 is 4.42 Å². The van der Waals surface area contributed by atoms with E-state index in [2.05, 4.69) is 55.5 Å². The van der Waals surface area contributed by atoms with Crippen molar-refractivity contribution in [1.82, 2.24) is 0 Å². The van der Waals surface area contributed by atoms with E-state index >= 15 is 0 Å². The number of allylic oxidation sites excluding steroid dienone is 2. The highest BCUT2D eigenvalue weighted by atomic mass is 16.3. The van der Waals surface area contributed by atoms with Crippen molar-refractivity contribution in [2.45, 2.75) is 26.2 Å². The number of unbranched alkanes of at least 4 members (excludes halogenated alkanes) is 1. The third kappa shape index (κ3) is 2.28. The van der Waals surface area contributed by atoms with Crippen LogP contribution in [0, 0.1) is 0 Å². The third-order valence-corrected chi connectivity index (χ3v) is 3.50. The van der Waals surface area contributed by atoms with E-state index in [4.69, 9.17) is 4.42 Å². The molecular formula is C18H18O.